The van der Waals surface area contributed by atoms with Crippen molar-refractivity contribution in [2.45, 2.75) is 12.0 Å². The predicted molar refractivity (Wildman–Crippen MR) is 92.8 cm³/mol. The van der Waals surface area contributed by atoms with Crippen LogP contribution in [-0.4, -0.2) is 29.6 Å². The molecular formula is C19H17ClO4. The van der Waals surface area contributed by atoms with Crippen molar-refractivity contribution in [1.82, 2.24) is 0 Å². The molecule has 0 amide bonds. The minimum atomic E-state index is -2.04. The summed E-state index contributed by atoms with van der Waals surface area (Å²) < 4.78 is 4.65. The summed E-state index contributed by atoms with van der Waals surface area (Å²) in [5, 5.41) is 11.2. The fourth-order valence-corrected chi connectivity index (χ4v) is 2.28. The molecule has 0 bridgehead atoms. The largest absolute Gasteiger partial charge is 0.467 e. The van der Waals surface area contributed by atoms with Crippen LogP contribution >= 0.6 is 11.6 Å². The number of methoxy groups -OCH3 is 1. The Labute approximate surface area is 145 Å². The number of hydrogen-bond donors (Lipinski definition) is 1. The summed E-state index contributed by atoms with van der Waals surface area (Å²) in [6, 6.07) is 15.3. The topological polar surface area (TPSA) is 63.6 Å². The summed E-state index contributed by atoms with van der Waals surface area (Å²) in [6.07, 6.45) is 2.40. The molecule has 5 heteroatoms. The molecule has 0 aliphatic rings. The maximum absolute atomic E-state index is 12.3. The first-order valence-corrected chi connectivity index (χ1v) is 7.66. The highest BCUT2D eigenvalue weighted by atomic mass is 35.5. The third-order valence-corrected chi connectivity index (χ3v) is 3.74. The van der Waals surface area contributed by atoms with Crippen molar-refractivity contribution in [2.75, 3.05) is 7.11 Å². The molecule has 24 heavy (non-hydrogen) atoms. The van der Waals surface area contributed by atoms with Crippen LogP contribution < -0.4 is 0 Å². The van der Waals surface area contributed by atoms with Gasteiger partial charge in [0.1, 0.15) is 0 Å². The van der Waals surface area contributed by atoms with Gasteiger partial charge in [0.25, 0.3) is 0 Å². The zero-order valence-electron chi connectivity index (χ0n) is 13.1. The van der Waals surface area contributed by atoms with Gasteiger partial charge in [-0.3, -0.25) is 4.79 Å². The molecule has 4 nitrogen and oxygen atoms in total. The van der Waals surface area contributed by atoms with Gasteiger partial charge in [0.2, 0.25) is 0 Å². The first kappa shape index (κ1) is 17.9. The Morgan fingerprint density at radius 1 is 1.12 bits per heavy atom. The van der Waals surface area contributed by atoms with E-state index in [0.717, 1.165) is 12.7 Å². The molecule has 0 aliphatic carbocycles. The second-order valence-corrected chi connectivity index (χ2v) is 5.70. The van der Waals surface area contributed by atoms with Gasteiger partial charge < -0.3 is 9.84 Å². The molecule has 0 aliphatic heterocycles. The quantitative estimate of drug-likeness (QED) is 0.643. The van der Waals surface area contributed by atoms with E-state index in [1.165, 1.54) is 6.08 Å². The second kappa shape index (κ2) is 7.90. The summed E-state index contributed by atoms with van der Waals surface area (Å²) in [4.78, 5) is 24.3. The lowest BCUT2D eigenvalue weighted by atomic mass is 9.92. The molecule has 0 fully saturated rings. The summed E-state index contributed by atoms with van der Waals surface area (Å²) in [5.41, 5.74) is -0.894. The number of ether oxygens (including phenoxy) is 1. The van der Waals surface area contributed by atoms with Gasteiger partial charge in [0.05, 0.1) is 13.5 Å². The molecule has 0 saturated carbocycles. The number of rotatable bonds is 6. The van der Waals surface area contributed by atoms with Gasteiger partial charge >= 0.3 is 5.97 Å². The highest BCUT2D eigenvalue weighted by Crippen LogP contribution is 2.20. The molecule has 0 spiro atoms. The summed E-state index contributed by atoms with van der Waals surface area (Å²) in [5.74, 6) is -1.25. The first-order valence-electron chi connectivity index (χ1n) is 7.28. The van der Waals surface area contributed by atoms with E-state index in [4.69, 9.17) is 11.6 Å². The van der Waals surface area contributed by atoms with Crippen LogP contribution in [0.3, 0.4) is 0 Å². The Kier molecular flexibility index (Phi) is 5.90. The molecule has 0 unspecified atom stereocenters. The van der Waals surface area contributed by atoms with E-state index in [-0.39, 0.29) is 5.78 Å². The Morgan fingerprint density at radius 2 is 1.75 bits per heavy atom. The lowest BCUT2D eigenvalue weighted by Gasteiger charge is -2.21. The molecule has 0 heterocycles. The molecule has 1 atom stereocenters. The van der Waals surface area contributed by atoms with Crippen LogP contribution in [0.1, 0.15) is 22.3 Å². The van der Waals surface area contributed by atoms with Crippen LogP contribution in [0.2, 0.25) is 5.02 Å². The average Bonchev–Trinajstić information content (AvgIpc) is 2.61. The fraction of sp³-hybridized carbons (Fsp3) is 0.158. The van der Waals surface area contributed by atoms with Crippen LogP contribution in [-0.2, 0) is 9.53 Å². The van der Waals surface area contributed by atoms with Crippen LogP contribution in [0.25, 0.3) is 6.08 Å². The smallest absolute Gasteiger partial charge is 0.342 e. The first-order chi connectivity index (χ1) is 11.4. The van der Waals surface area contributed by atoms with E-state index in [9.17, 15) is 14.7 Å². The van der Waals surface area contributed by atoms with Gasteiger partial charge in [-0.05, 0) is 23.8 Å². The number of carbonyl (C=O) groups excluding carboxylic acids is 2. The lowest BCUT2D eigenvalue weighted by molar-refractivity contribution is -0.156. The van der Waals surface area contributed by atoms with E-state index < -0.39 is 18.0 Å². The third-order valence-electron chi connectivity index (χ3n) is 3.49. The van der Waals surface area contributed by atoms with Gasteiger partial charge in [-0.1, -0.05) is 60.1 Å². The molecule has 2 rings (SSSR count). The standard InChI is InChI=1S/C19H17ClO4/c1-24-18(22)19(23,12-11-14-7-9-16(20)10-8-14)13-17(21)15-5-3-2-4-6-15/h2-12,23H,13H2,1H3/b12-11+/t19-/m0/s1. The minimum Gasteiger partial charge on any atom is -0.467 e. The van der Waals surface area contributed by atoms with Crippen LogP contribution in [0.15, 0.2) is 60.7 Å². The Bertz CT molecular complexity index is 738. The molecular weight excluding hydrogens is 328 g/mol. The second-order valence-electron chi connectivity index (χ2n) is 5.27. The SMILES string of the molecule is COC(=O)[C@](O)(/C=C/c1ccc(Cl)cc1)CC(=O)c1ccccc1. The molecule has 2 aromatic rings. The highest BCUT2D eigenvalue weighted by Gasteiger charge is 2.37. The Hall–Kier alpha value is -2.43. The van der Waals surface area contributed by atoms with E-state index in [1.54, 1.807) is 60.7 Å². The van der Waals surface area contributed by atoms with Crippen molar-refractivity contribution in [2.24, 2.45) is 0 Å². The lowest BCUT2D eigenvalue weighted by Crippen LogP contribution is -2.39. The van der Waals surface area contributed by atoms with E-state index in [2.05, 4.69) is 4.74 Å². The normalized spacial score (nSPS) is 13.5. The maximum Gasteiger partial charge on any atom is 0.342 e. The molecule has 0 radical (unpaired) electrons. The minimum absolute atomic E-state index is 0.357. The van der Waals surface area contributed by atoms with Crippen molar-refractivity contribution in [1.29, 1.82) is 0 Å². The Morgan fingerprint density at radius 3 is 2.33 bits per heavy atom. The van der Waals surface area contributed by atoms with Gasteiger partial charge in [0, 0.05) is 10.6 Å². The third kappa shape index (κ3) is 4.54. The number of benzene rings is 2. The summed E-state index contributed by atoms with van der Waals surface area (Å²) in [7, 11) is 1.16. The van der Waals surface area contributed by atoms with Crippen molar-refractivity contribution in [3.8, 4) is 0 Å². The maximum atomic E-state index is 12.3. The van der Waals surface area contributed by atoms with Crippen LogP contribution in [0.4, 0.5) is 0 Å². The average molecular weight is 345 g/mol. The Balaban J connectivity index is 2.24. The van der Waals surface area contributed by atoms with Gasteiger partial charge in [-0.2, -0.15) is 0 Å². The van der Waals surface area contributed by atoms with Crippen LogP contribution in [0, 0.1) is 0 Å². The molecule has 2 aromatic carbocycles. The zero-order valence-corrected chi connectivity index (χ0v) is 13.9. The van der Waals surface area contributed by atoms with E-state index in [0.29, 0.717) is 10.6 Å². The number of carbonyl (C=O) groups is 2. The van der Waals surface area contributed by atoms with Crippen molar-refractivity contribution < 1.29 is 19.4 Å². The van der Waals surface area contributed by atoms with Crippen molar-refractivity contribution >= 4 is 29.4 Å². The molecule has 1 N–H and O–H groups in total. The van der Waals surface area contributed by atoms with Gasteiger partial charge in [-0.15, -0.1) is 0 Å². The zero-order chi connectivity index (χ0) is 17.6. The molecule has 0 aromatic heterocycles. The van der Waals surface area contributed by atoms with E-state index >= 15 is 0 Å². The monoisotopic (exact) mass is 344 g/mol. The van der Waals surface area contributed by atoms with Crippen molar-refractivity contribution in [3.05, 3.63) is 76.8 Å². The molecule has 0 saturated heterocycles. The molecule has 124 valence electrons. The van der Waals surface area contributed by atoms with Crippen LogP contribution in [0.5, 0.6) is 0 Å². The highest BCUT2D eigenvalue weighted by molar-refractivity contribution is 6.30. The fourth-order valence-electron chi connectivity index (χ4n) is 2.15. The summed E-state index contributed by atoms with van der Waals surface area (Å²) in [6.45, 7) is 0. The predicted octanol–water partition coefficient (Wildman–Crippen LogP) is 3.53. The van der Waals surface area contributed by atoms with Gasteiger partial charge in [0.15, 0.2) is 11.4 Å². The van der Waals surface area contributed by atoms with Crippen molar-refractivity contribution in [3.63, 3.8) is 0 Å². The summed E-state index contributed by atoms with van der Waals surface area (Å²) >= 11 is 5.82. The number of halogens is 1. The number of aliphatic hydroxyl groups is 1. The number of Topliss-reactive ketones (excluding diaryl/α,β-unsaturated/α-hetero) is 1. The van der Waals surface area contributed by atoms with Gasteiger partial charge in [-0.25, -0.2) is 4.79 Å². The number of hydrogen-bond acceptors (Lipinski definition) is 4. The number of ketones is 1. The van der Waals surface area contributed by atoms with E-state index in [1.807, 2.05) is 0 Å². The number of esters is 1.